The van der Waals surface area contributed by atoms with E-state index in [0.29, 0.717) is 4.88 Å². The van der Waals surface area contributed by atoms with E-state index in [4.69, 9.17) is 0 Å². The quantitative estimate of drug-likeness (QED) is 0.942. The number of carbonyl (C=O) groups is 1. The molecule has 0 unspecified atom stereocenters. The van der Waals surface area contributed by atoms with E-state index in [1.54, 1.807) is 0 Å². The van der Waals surface area contributed by atoms with Crippen LogP contribution in [0.5, 0.6) is 0 Å². The Kier molecular flexibility index (Phi) is 4.12. The maximum absolute atomic E-state index is 11.2. The monoisotopic (exact) mass is 304 g/mol. The number of fused-ring (bicyclic) bond motifs is 1. The predicted molar refractivity (Wildman–Crippen MR) is 87.7 cm³/mol. The van der Waals surface area contributed by atoms with Gasteiger partial charge in [-0.3, -0.25) is 4.90 Å². The van der Waals surface area contributed by atoms with E-state index in [0.717, 1.165) is 36.3 Å². The summed E-state index contributed by atoms with van der Waals surface area (Å²) in [5.74, 6) is -0.838. The van der Waals surface area contributed by atoms with Gasteiger partial charge in [-0.05, 0) is 31.2 Å². The molecule has 0 bridgehead atoms. The lowest BCUT2D eigenvalue weighted by Gasteiger charge is -2.36. The fourth-order valence-corrected chi connectivity index (χ4v) is 3.88. The number of benzene rings is 1. The maximum Gasteiger partial charge on any atom is 0.345 e. The Morgan fingerprint density at radius 3 is 2.71 bits per heavy atom. The number of hydrogen-bond donors (Lipinski definition) is 1. The van der Waals surface area contributed by atoms with E-state index >= 15 is 0 Å². The van der Waals surface area contributed by atoms with Crippen LogP contribution in [0.4, 0.5) is 5.69 Å². The minimum absolute atomic E-state index is 0.419. The van der Waals surface area contributed by atoms with Crippen molar-refractivity contribution in [3.63, 3.8) is 0 Å². The molecule has 1 N–H and O–H groups in total. The molecule has 1 saturated heterocycles. The first-order valence-electron chi connectivity index (χ1n) is 7.42. The summed E-state index contributed by atoms with van der Waals surface area (Å²) in [5, 5.41) is 10.2. The molecule has 112 valence electrons. The van der Waals surface area contributed by atoms with Gasteiger partial charge in [-0.2, -0.15) is 0 Å². The minimum atomic E-state index is -0.838. The molecule has 0 radical (unpaired) electrons. The van der Waals surface area contributed by atoms with Crippen LogP contribution in [0.25, 0.3) is 10.1 Å². The first kappa shape index (κ1) is 14.4. The van der Waals surface area contributed by atoms with Crippen LogP contribution in [0.1, 0.15) is 23.0 Å². The van der Waals surface area contributed by atoms with Crippen LogP contribution in [0.15, 0.2) is 24.3 Å². The Balaban J connectivity index is 1.85. The molecule has 2 heterocycles. The van der Waals surface area contributed by atoms with Crippen molar-refractivity contribution in [1.29, 1.82) is 0 Å². The highest BCUT2D eigenvalue weighted by Gasteiger charge is 2.19. The standard InChI is InChI=1S/C16H20N2O2S/c1-2-6-17-7-9-18(10-8-17)13-4-3-5-14-12(13)11-15(21-14)16(19)20/h3-5,11H,2,6-10H2,1H3,(H,19,20). The maximum atomic E-state index is 11.2. The van der Waals surface area contributed by atoms with E-state index in [9.17, 15) is 9.90 Å². The zero-order valence-electron chi connectivity index (χ0n) is 12.2. The highest BCUT2D eigenvalue weighted by atomic mass is 32.1. The lowest BCUT2D eigenvalue weighted by molar-refractivity contribution is 0.0702. The summed E-state index contributed by atoms with van der Waals surface area (Å²) in [6.45, 7) is 7.57. The van der Waals surface area contributed by atoms with Crippen molar-refractivity contribution in [1.82, 2.24) is 4.90 Å². The molecule has 0 spiro atoms. The van der Waals surface area contributed by atoms with Crippen LogP contribution < -0.4 is 4.90 Å². The number of carboxylic acids is 1. The van der Waals surface area contributed by atoms with Gasteiger partial charge in [0.05, 0.1) is 0 Å². The summed E-state index contributed by atoms with van der Waals surface area (Å²) < 4.78 is 1.06. The zero-order chi connectivity index (χ0) is 14.8. The van der Waals surface area contributed by atoms with Gasteiger partial charge in [0.2, 0.25) is 0 Å². The number of piperazine rings is 1. The van der Waals surface area contributed by atoms with E-state index in [-0.39, 0.29) is 0 Å². The first-order chi connectivity index (χ1) is 10.2. The van der Waals surface area contributed by atoms with Crippen molar-refractivity contribution in [3.8, 4) is 0 Å². The van der Waals surface area contributed by atoms with Gasteiger partial charge in [-0.15, -0.1) is 11.3 Å². The second kappa shape index (κ2) is 6.03. The Labute approximate surface area is 128 Å². The molecular formula is C16H20N2O2S. The summed E-state index contributed by atoms with van der Waals surface area (Å²) in [6.07, 6.45) is 1.20. The molecule has 5 heteroatoms. The van der Waals surface area contributed by atoms with Gasteiger partial charge < -0.3 is 10.0 Å². The van der Waals surface area contributed by atoms with Crippen LogP contribution >= 0.6 is 11.3 Å². The van der Waals surface area contributed by atoms with Crippen molar-refractivity contribution < 1.29 is 9.90 Å². The number of rotatable bonds is 4. The highest BCUT2D eigenvalue weighted by Crippen LogP contribution is 2.33. The van der Waals surface area contributed by atoms with Crippen LogP contribution in [-0.4, -0.2) is 48.7 Å². The number of anilines is 1. The Morgan fingerprint density at radius 1 is 1.29 bits per heavy atom. The average Bonchev–Trinajstić information content (AvgIpc) is 2.93. The van der Waals surface area contributed by atoms with E-state index < -0.39 is 5.97 Å². The van der Waals surface area contributed by atoms with E-state index in [1.165, 1.54) is 30.0 Å². The number of hydrogen-bond acceptors (Lipinski definition) is 4. The Morgan fingerprint density at radius 2 is 2.05 bits per heavy atom. The molecule has 1 aromatic carbocycles. The third-order valence-electron chi connectivity index (χ3n) is 4.00. The fourth-order valence-electron chi connectivity index (χ4n) is 2.96. The third-order valence-corrected chi connectivity index (χ3v) is 5.09. The number of nitrogens with zero attached hydrogens (tertiary/aromatic N) is 2. The summed E-state index contributed by atoms with van der Waals surface area (Å²) in [5.41, 5.74) is 1.17. The zero-order valence-corrected chi connectivity index (χ0v) is 13.0. The molecular weight excluding hydrogens is 284 g/mol. The SMILES string of the molecule is CCCN1CCN(c2cccc3sc(C(=O)O)cc23)CC1. The molecule has 0 atom stereocenters. The minimum Gasteiger partial charge on any atom is -0.477 e. The van der Waals surface area contributed by atoms with Gasteiger partial charge in [0.1, 0.15) is 4.88 Å². The molecule has 3 rings (SSSR count). The summed E-state index contributed by atoms with van der Waals surface area (Å²) in [6, 6.07) is 7.95. The van der Waals surface area contributed by atoms with Crippen LogP contribution in [0.2, 0.25) is 0 Å². The molecule has 1 aliphatic rings. The molecule has 4 nitrogen and oxygen atoms in total. The van der Waals surface area contributed by atoms with Crippen LogP contribution in [-0.2, 0) is 0 Å². The second-order valence-corrected chi connectivity index (χ2v) is 6.52. The van der Waals surface area contributed by atoms with Crippen molar-refractivity contribution >= 4 is 33.1 Å². The Hall–Kier alpha value is -1.59. The summed E-state index contributed by atoms with van der Waals surface area (Å²) in [7, 11) is 0. The topological polar surface area (TPSA) is 43.8 Å². The Bertz CT molecular complexity index is 645. The van der Waals surface area contributed by atoms with Gasteiger partial charge in [0.25, 0.3) is 0 Å². The summed E-state index contributed by atoms with van der Waals surface area (Å²) >= 11 is 1.36. The second-order valence-electron chi connectivity index (χ2n) is 5.43. The molecule has 1 aliphatic heterocycles. The molecule has 2 aromatic rings. The van der Waals surface area contributed by atoms with Gasteiger partial charge in [0, 0.05) is 42.0 Å². The smallest absolute Gasteiger partial charge is 0.345 e. The van der Waals surface area contributed by atoms with Crippen molar-refractivity contribution in [3.05, 3.63) is 29.1 Å². The molecule has 0 aliphatic carbocycles. The molecule has 1 aromatic heterocycles. The fraction of sp³-hybridized carbons (Fsp3) is 0.438. The molecule has 0 saturated carbocycles. The summed E-state index contributed by atoms with van der Waals surface area (Å²) in [4.78, 5) is 16.5. The van der Waals surface area contributed by atoms with Gasteiger partial charge in [-0.25, -0.2) is 4.79 Å². The van der Waals surface area contributed by atoms with Crippen molar-refractivity contribution in [2.75, 3.05) is 37.6 Å². The van der Waals surface area contributed by atoms with Crippen molar-refractivity contribution in [2.45, 2.75) is 13.3 Å². The third kappa shape index (κ3) is 2.89. The normalized spacial score (nSPS) is 16.5. The molecule has 0 amide bonds. The molecule has 1 fully saturated rings. The lowest BCUT2D eigenvalue weighted by Crippen LogP contribution is -2.46. The highest BCUT2D eigenvalue weighted by molar-refractivity contribution is 7.20. The average molecular weight is 304 g/mol. The van der Waals surface area contributed by atoms with Gasteiger partial charge >= 0.3 is 5.97 Å². The first-order valence-corrected chi connectivity index (χ1v) is 8.24. The number of aromatic carboxylic acids is 1. The lowest BCUT2D eigenvalue weighted by atomic mass is 10.1. The van der Waals surface area contributed by atoms with Crippen LogP contribution in [0.3, 0.4) is 0 Å². The van der Waals surface area contributed by atoms with Crippen molar-refractivity contribution in [2.24, 2.45) is 0 Å². The van der Waals surface area contributed by atoms with Gasteiger partial charge in [-0.1, -0.05) is 13.0 Å². The number of carboxylic acid groups (broad SMARTS) is 1. The predicted octanol–water partition coefficient (Wildman–Crippen LogP) is 3.13. The number of thiophene rings is 1. The largest absolute Gasteiger partial charge is 0.477 e. The van der Waals surface area contributed by atoms with Crippen LogP contribution in [0, 0.1) is 0 Å². The van der Waals surface area contributed by atoms with E-state index in [1.807, 2.05) is 18.2 Å². The van der Waals surface area contributed by atoms with E-state index in [2.05, 4.69) is 22.8 Å². The van der Waals surface area contributed by atoms with Gasteiger partial charge in [0.15, 0.2) is 0 Å². The molecule has 21 heavy (non-hydrogen) atoms.